The van der Waals surface area contributed by atoms with Gasteiger partial charge in [0.1, 0.15) is 0 Å². The van der Waals surface area contributed by atoms with Gasteiger partial charge in [0.05, 0.1) is 13.1 Å². The van der Waals surface area contributed by atoms with Gasteiger partial charge in [-0.15, -0.1) is 12.4 Å². The van der Waals surface area contributed by atoms with E-state index in [0.717, 1.165) is 31.5 Å². The topological polar surface area (TPSA) is 90.5 Å². The zero-order valence-electron chi connectivity index (χ0n) is 13.2. The monoisotopic (exact) mass is 352 g/mol. The van der Waals surface area contributed by atoms with Crippen molar-refractivity contribution in [1.29, 1.82) is 0 Å². The van der Waals surface area contributed by atoms with E-state index in [1.54, 1.807) is 24.3 Å². The first-order chi connectivity index (χ1) is 11.1. The van der Waals surface area contributed by atoms with Crippen LogP contribution in [-0.2, 0) is 11.3 Å². The molecule has 2 fully saturated rings. The fraction of sp³-hybridized carbons (Fsp3) is 0.438. The lowest BCUT2D eigenvalue weighted by atomic mass is 10.1. The Labute approximate surface area is 146 Å². The number of hydrogen-bond donors (Lipinski definition) is 3. The van der Waals surface area contributed by atoms with Gasteiger partial charge in [-0.3, -0.25) is 14.5 Å². The van der Waals surface area contributed by atoms with E-state index >= 15 is 0 Å². The summed E-state index contributed by atoms with van der Waals surface area (Å²) in [5.41, 5.74) is 1.39. The van der Waals surface area contributed by atoms with Crippen molar-refractivity contribution in [1.82, 2.24) is 20.9 Å². The van der Waals surface area contributed by atoms with Crippen LogP contribution in [0.5, 0.6) is 0 Å². The zero-order chi connectivity index (χ0) is 16.2. The van der Waals surface area contributed by atoms with Crippen molar-refractivity contribution in [3.8, 4) is 0 Å². The minimum Gasteiger partial charge on any atom is -0.348 e. The van der Waals surface area contributed by atoms with Crippen LogP contribution < -0.4 is 16.0 Å². The number of urea groups is 1. The van der Waals surface area contributed by atoms with Crippen LogP contribution in [0, 0.1) is 0 Å². The highest BCUT2D eigenvalue weighted by atomic mass is 35.5. The maximum atomic E-state index is 12.2. The summed E-state index contributed by atoms with van der Waals surface area (Å²) in [6.45, 7) is 2.08. The Morgan fingerprint density at radius 3 is 2.58 bits per heavy atom. The number of carbonyl (C=O) groups excluding carboxylic acids is 3. The highest BCUT2D eigenvalue weighted by Gasteiger charge is 2.28. The van der Waals surface area contributed by atoms with Gasteiger partial charge in [0.2, 0.25) is 5.91 Å². The van der Waals surface area contributed by atoms with Crippen molar-refractivity contribution in [2.45, 2.75) is 25.4 Å². The third kappa shape index (κ3) is 4.24. The van der Waals surface area contributed by atoms with Crippen LogP contribution in [0.2, 0.25) is 0 Å². The molecule has 0 radical (unpaired) electrons. The second-order valence-electron chi connectivity index (χ2n) is 5.85. The number of amides is 4. The highest BCUT2D eigenvalue weighted by Crippen LogP contribution is 2.11. The van der Waals surface area contributed by atoms with Crippen molar-refractivity contribution in [2.24, 2.45) is 0 Å². The first-order valence-corrected chi connectivity index (χ1v) is 7.82. The van der Waals surface area contributed by atoms with Crippen LogP contribution in [-0.4, -0.2) is 48.4 Å². The summed E-state index contributed by atoms with van der Waals surface area (Å²) in [5, 5.41) is 8.75. The molecule has 130 valence electrons. The predicted molar refractivity (Wildman–Crippen MR) is 91.0 cm³/mol. The molecule has 0 unspecified atom stereocenters. The Morgan fingerprint density at radius 1 is 1.25 bits per heavy atom. The number of hydrogen-bond acceptors (Lipinski definition) is 4. The fourth-order valence-electron chi connectivity index (χ4n) is 2.80. The molecule has 2 heterocycles. The number of piperidine rings is 1. The van der Waals surface area contributed by atoms with Gasteiger partial charge in [-0.2, -0.15) is 0 Å². The Hall–Kier alpha value is -2.12. The molecule has 4 amide bonds. The van der Waals surface area contributed by atoms with Crippen LogP contribution in [0.15, 0.2) is 24.3 Å². The lowest BCUT2D eigenvalue weighted by molar-refractivity contribution is -0.125. The summed E-state index contributed by atoms with van der Waals surface area (Å²) >= 11 is 0. The summed E-state index contributed by atoms with van der Waals surface area (Å²) in [6, 6.07) is 6.78. The number of halogens is 1. The molecule has 2 saturated heterocycles. The van der Waals surface area contributed by atoms with Crippen molar-refractivity contribution in [3.05, 3.63) is 35.4 Å². The molecular formula is C16H21ClN4O3. The molecule has 24 heavy (non-hydrogen) atoms. The first-order valence-electron chi connectivity index (χ1n) is 7.82. The standard InChI is InChI=1S/C16H20N4O3.ClH/c21-14-9-18-16(23)20(14)10-11-3-5-12(6-4-11)15(22)19-13-2-1-7-17-8-13;/h3-6,13,17H,1-2,7-10H2,(H,18,23)(H,19,22);1H/t13-;/m0./s1. The lowest BCUT2D eigenvalue weighted by Gasteiger charge is -2.23. The number of rotatable bonds is 4. The maximum absolute atomic E-state index is 12.2. The van der Waals surface area contributed by atoms with Gasteiger partial charge >= 0.3 is 6.03 Å². The molecule has 3 rings (SSSR count). The van der Waals surface area contributed by atoms with E-state index in [0.29, 0.717) is 5.56 Å². The molecule has 1 aromatic rings. The van der Waals surface area contributed by atoms with Gasteiger partial charge < -0.3 is 16.0 Å². The summed E-state index contributed by atoms with van der Waals surface area (Å²) in [6.07, 6.45) is 2.05. The van der Waals surface area contributed by atoms with Crippen molar-refractivity contribution >= 4 is 30.3 Å². The van der Waals surface area contributed by atoms with Gasteiger partial charge in [0.15, 0.2) is 0 Å². The summed E-state index contributed by atoms with van der Waals surface area (Å²) < 4.78 is 0. The highest BCUT2D eigenvalue weighted by molar-refractivity contribution is 6.01. The Morgan fingerprint density at radius 2 is 2.00 bits per heavy atom. The van der Waals surface area contributed by atoms with Crippen LogP contribution in [0.3, 0.4) is 0 Å². The van der Waals surface area contributed by atoms with Gasteiger partial charge in [-0.1, -0.05) is 12.1 Å². The molecule has 0 aromatic heterocycles. The normalized spacial score (nSPS) is 20.3. The first kappa shape index (κ1) is 18.2. The molecule has 0 saturated carbocycles. The molecule has 3 N–H and O–H groups in total. The van der Waals surface area contributed by atoms with E-state index in [1.165, 1.54) is 4.90 Å². The molecule has 2 aliphatic rings. The van der Waals surface area contributed by atoms with Crippen molar-refractivity contribution in [2.75, 3.05) is 19.6 Å². The number of benzene rings is 1. The van der Waals surface area contributed by atoms with Gasteiger partial charge in [0.25, 0.3) is 5.91 Å². The summed E-state index contributed by atoms with van der Waals surface area (Å²) in [7, 11) is 0. The molecule has 0 bridgehead atoms. The van der Waals surface area contributed by atoms with Crippen molar-refractivity contribution < 1.29 is 14.4 Å². The minimum atomic E-state index is -0.374. The summed E-state index contributed by atoms with van der Waals surface area (Å²) in [4.78, 5) is 36.4. The number of nitrogens with zero attached hydrogens (tertiary/aromatic N) is 1. The zero-order valence-corrected chi connectivity index (χ0v) is 14.0. The van der Waals surface area contributed by atoms with Crippen LogP contribution in [0.1, 0.15) is 28.8 Å². The van der Waals surface area contributed by atoms with E-state index in [4.69, 9.17) is 0 Å². The molecule has 2 aliphatic heterocycles. The SMILES string of the molecule is Cl.O=C(N[C@H]1CCCNC1)c1ccc(CN2C(=O)CNC2=O)cc1. The number of carbonyl (C=O) groups is 3. The quantitative estimate of drug-likeness (QED) is 0.694. The smallest absolute Gasteiger partial charge is 0.324 e. The third-order valence-corrected chi connectivity index (χ3v) is 4.13. The molecule has 0 spiro atoms. The Balaban J connectivity index is 0.00000208. The summed E-state index contributed by atoms with van der Waals surface area (Å²) in [5.74, 6) is -0.332. The van der Waals surface area contributed by atoms with Crippen LogP contribution in [0.4, 0.5) is 4.79 Å². The van der Waals surface area contributed by atoms with E-state index in [2.05, 4.69) is 16.0 Å². The minimum absolute atomic E-state index is 0. The van der Waals surface area contributed by atoms with Crippen LogP contribution in [0.25, 0.3) is 0 Å². The average Bonchev–Trinajstić information content (AvgIpc) is 2.88. The molecule has 1 atom stereocenters. The van der Waals surface area contributed by atoms with Gasteiger partial charge in [-0.25, -0.2) is 4.79 Å². The van der Waals surface area contributed by atoms with E-state index in [9.17, 15) is 14.4 Å². The van der Waals surface area contributed by atoms with Crippen LogP contribution >= 0.6 is 12.4 Å². The van der Waals surface area contributed by atoms with E-state index < -0.39 is 0 Å². The largest absolute Gasteiger partial charge is 0.348 e. The van der Waals surface area contributed by atoms with E-state index in [1.807, 2.05) is 0 Å². The average molecular weight is 353 g/mol. The predicted octanol–water partition coefficient (Wildman–Crippen LogP) is 0.642. The second kappa shape index (κ2) is 8.12. The fourth-order valence-corrected chi connectivity index (χ4v) is 2.80. The third-order valence-electron chi connectivity index (χ3n) is 4.13. The molecule has 0 aliphatic carbocycles. The molecule has 7 nitrogen and oxygen atoms in total. The maximum Gasteiger partial charge on any atom is 0.324 e. The number of nitrogens with one attached hydrogen (secondary N) is 3. The molecule has 1 aromatic carbocycles. The van der Waals surface area contributed by atoms with Gasteiger partial charge in [0, 0.05) is 18.2 Å². The van der Waals surface area contributed by atoms with Gasteiger partial charge in [-0.05, 0) is 37.1 Å². The molecule has 8 heteroatoms. The Bertz CT molecular complexity index is 598. The second-order valence-corrected chi connectivity index (χ2v) is 5.85. The number of imide groups is 1. The molecular weight excluding hydrogens is 332 g/mol. The van der Waals surface area contributed by atoms with E-state index in [-0.39, 0.29) is 49.4 Å². The van der Waals surface area contributed by atoms with Crippen molar-refractivity contribution in [3.63, 3.8) is 0 Å². The Kier molecular flexibility index (Phi) is 6.16. The lowest BCUT2D eigenvalue weighted by Crippen LogP contribution is -2.45.